The lowest BCUT2D eigenvalue weighted by Gasteiger charge is -2.36. The van der Waals surface area contributed by atoms with E-state index in [9.17, 15) is 10.1 Å². The molecule has 110 valence electrons. The Bertz CT molecular complexity index is 678. The van der Waals surface area contributed by atoms with Gasteiger partial charge in [-0.3, -0.25) is 10.1 Å². The van der Waals surface area contributed by atoms with Crippen LogP contribution in [-0.4, -0.2) is 29.0 Å². The van der Waals surface area contributed by atoms with Crippen LogP contribution in [0, 0.1) is 16.0 Å². The highest BCUT2D eigenvalue weighted by molar-refractivity contribution is 5.96. The third kappa shape index (κ3) is 2.54. The van der Waals surface area contributed by atoms with Gasteiger partial charge >= 0.3 is 5.69 Å². The molecule has 1 aromatic carbocycles. The number of anilines is 1. The molecule has 2 N–H and O–H groups in total. The number of pyridine rings is 1. The second-order valence-corrected chi connectivity index (χ2v) is 5.77. The van der Waals surface area contributed by atoms with Crippen LogP contribution in [0.5, 0.6) is 0 Å². The summed E-state index contributed by atoms with van der Waals surface area (Å²) in [6.07, 6.45) is 2.30. The van der Waals surface area contributed by atoms with Crippen molar-refractivity contribution in [1.82, 2.24) is 4.98 Å². The topological polar surface area (TPSA) is 85.3 Å². The third-order valence-corrected chi connectivity index (χ3v) is 3.93. The second kappa shape index (κ2) is 5.29. The zero-order valence-electron chi connectivity index (χ0n) is 11.9. The molecule has 21 heavy (non-hydrogen) atoms. The van der Waals surface area contributed by atoms with Crippen molar-refractivity contribution in [2.75, 3.05) is 18.0 Å². The molecule has 0 bridgehead atoms. The lowest BCUT2D eigenvalue weighted by atomic mass is 9.95. The van der Waals surface area contributed by atoms with E-state index in [4.69, 9.17) is 5.73 Å². The van der Waals surface area contributed by atoms with E-state index in [1.807, 2.05) is 29.2 Å². The number of piperidine rings is 1. The standard InChI is InChI=1S/C15H18N4O2/c1-10-6-11(16)9-18(8-10)15-12-4-2-3-5-13(12)17-7-14(15)19(20)21/h2-5,7,10-11H,6,8-9,16H2,1H3. The Labute approximate surface area is 122 Å². The number of para-hydroxylation sites is 1. The molecule has 6 heteroatoms. The van der Waals surface area contributed by atoms with Gasteiger partial charge in [0.1, 0.15) is 11.9 Å². The number of fused-ring (bicyclic) bond motifs is 1. The van der Waals surface area contributed by atoms with Crippen LogP contribution in [-0.2, 0) is 0 Å². The van der Waals surface area contributed by atoms with E-state index >= 15 is 0 Å². The van der Waals surface area contributed by atoms with Crippen molar-refractivity contribution in [3.63, 3.8) is 0 Å². The van der Waals surface area contributed by atoms with Crippen molar-refractivity contribution in [3.8, 4) is 0 Å². The number of hydrogen-bond donors (Lipinski definition) is 1. The predicted molar refractivity (Wildman–Crippen MR) is 82.4 cm³/mol. The van der Waals surface area contributed by atoms with Crippen LogP contribution in [0.4, 0.5) is 11.4 Å². The Morgan fingerprint density at radius 2 is 2.14 bits per heavy atom. The molecule has 0 aliphatic carbocycles. The largest absolute Gasteiger partial charge is 0.364 e. The van der Waals surface area contributed by atoms with Gasteiger partial charge in [-0.2, -0.15) is 0 Å². The first-order valence-electron chi connectivity index (χ1n) is 7.09. The first-order chi connectivity index (χ1) is 10.1. The van der Waals surface area contributed by atoms with Gasteiger partial charge in [-0.1, -0.05) is 25.1 Å². The first-order valence-corrected chi connectivity index (χ1v) is 7.09. The molecule has 1 aromatic heterocycles. The van der Waals surface area contributed by atoms with Crippen LogP contribution in [0.2, 0.25) is 0 Å². The van der Waals surface area contributed by atoms with Gasteiger partial charge < -0.3 is 10.6 Å². The molecule has 1 aliphatic rings. The monoisotopic (exact) mass is 286 g/mol. The fourth-order valence-corrected chi connectivity index (χ4v) is 3.16. The number of benzene rings is 1. The first kappa shape index (κ1) is 13.8. The van der Waals surface area contributed by atoms with Crippen LogP contribution in [0.25, 0.3) is 10.9 Å². The summed E-state index contributed by atoms with van der Waals surface area (Å²) in [6.45, 7) is 3.54. The van der Waals surface area contributed by atoms with Crippen molar-refractivity contribution in [2.45, 2.75) is 19.4 Å². The zero-order valence-corrected chi connectivity index (χ0v) is 11.9. The molecular weight excluding hydrogens is 268 g/mol. The summed E-state index contributed by atoms with van der Waals surface area (Å²) in [5.41, 5.74) is 7.56. The molecule has 3 rings (SSSR count). The lowest BCUT2D eigenvalue weighted by Crippen LogP contribution is -2.46. The lowest BCUT2D eigenvalue weighted by molar-refractivity contribution is -0.384. The minimum absolute atomic E-state index is 0.0419. The molecule has 1 aliphatic heterocycles. The minimum Gasteiger partial charge on any atom is -0.364 e. The summed E-state index contributed by atoms with van der Waals surface area (Å²) >= 11 is 0. The summed E-state index contributed by atoms with van der Waals surface area (Å²) in [6, 6.07) is 7.56. The summed E-state index contributed by atoms with van der Waals surface area (Å²) in [4.78, 5) is 17.3. The normalized spacial score (nSPS) is 22.5. The predicted octanol–water partition coefficient (Wildman–Crippen LogP) is 2.32. The van der Waals surface area contributed by atoms with Crippen molar-refractivity contribution in [2.24, 2.45) is 11.7 Å². The molecule has 0 spiro atoms. The Hall–Kier alpha value is -2.21. The highest BCUT2D eigenvalue weighted by Gasteiger charge is 2.29. The van der Waals surface area contributed by atoms with Gasteiger partial charge in [0.05, 0.1) is 10.4 Å². The zero-order chi connectivity index (χ0) is 15.0. The van der Waals surface area contributed by atoms with E-state index in [2.05, 4.69) is 11.9 Å². The molecule has 2 atom stereocenters. The maximum Gasteiger partial charge on any atom is 0.311 e. The molecule has 2 unspecified atom stereocenters. The van der Waals surface area contributed by atoms with Gasteiger partial charge in [0.15, 0.2) is 0 Å². The number of aromatic nitrogens is 1. The molecule has 0 amide bonds. The second-order valence-electron chi connectivity index (χ2n) is 5.77. The van der Waals surface area contributed by atoms with E-state index in [1.165, 1.54) is 6.20 Å². The maximum atomic E-state index is 11.4. The van der Waals surface area contributed by atoms with Crippen LogP contribution in [0.15, 0.2) is 30.5 Å². The molecule has 1 saturated heterocycles. The Kier molecular flexibility index (Phi) is 3.47. The quantitative estimate of drug-likeness (QED) is 0.676. The average molecular weight is 286 g/mol. The average Bonchev–Trinajstić information content (AvgIpc) is 2.44. The minimum atomic E-state index is -0.362. The number of hydrogen-bond acceptors (Lipinski definition) is 5. The van der Waals surface area contributed by atoms with E-state index < -0.39 is 0 Å². The van der Waals surface area contributed by atoms with E-state index in [1.54, 1.807) is 0 Å². The van der Waals surface area contributed by atoms with E-state index in [0.717, 1.165) is 23.9 Å². The number of rotatable bonds is 2. The highest BCUT2D eigenvalue weighted by atomic mass is 16.6. The fourth-order valence-electron chi connectivity index (χ4n) is 3.16. The smallest absolute Gasteiger partial charge is 0.311 e. The summed E-state index contributed by atoms with van der Waals surface area (Å²) < 4.78 is 0. The van der Waals surface area contributed by atoms with Gasteiger partial charge in [-0.05, 0) is 18.4 Å². The SMILES string of the molecule is CC1CC(N)CN(c2c([N+](=O)[O-])cnc3ccccc23)C1. The fraction of sp³-hybridized carbons (Fsp3) is 0.400. The summed E-state index contributed by atoms with van der Waals surface area (Å²) in [7, 11) is 0. The van der Waals surface area contributed by atoms with Crippen molar-refractivity contribution >= 4 is 22.3 Å². The molecule has 0 radical (unpaired) electrons. The van der Waals surface area contributed by atoms with E-state index in [0.29, 0.717) is 18.2 Å². The van der Waals surface area contributed by atoms with Gasteiger partial charge in [0.2, 0.25) is 0 Å². The molecule has 6 nitrogen and oxygen atoms in total. The van der Waals surface area contributed by atoms with E-state index in [-0.39, 0.29) is 16.7 Å². The van der Waals surface area contributed by atoms with Gasteiger partial charge in [0, 0.05) is 24.5 Å². The van der Waals surface area contributed by atoms with Crippen LogP contribution in [0.3, 0.4) is 0 Å². The molecule has 0 saturated carbocycles. The Balaban J connectivity index is 2.18. The maximum absolute atomic E-state index is 11.4. The van der Waals surface area contributed by atoms with Crippen molar-refractivity contribution in [3.05, 3.63) is 40.6 Å². The molecule has 2 aromatic rings. The third-order valence-electron chi connectivity index (χ3n) is 3.93. The number of nitrogens with zero attached hydrogens (tertiary/aromatic N) is 3. The number of nitrogens with two attached hydrogens (primary N) is 1. The van der Waals surface area contributed by atoms with Crippen molar-refractivity contribution < 1.29 is 4.92 Å². The van der Waals surface area contributed by atoms with Gasteiger partial charge in [-0.25, -0.2) is 4.98 Å². The Morgan fingerprint density at radius 1 is 1.38 bits per heavy atom. The highest BCUT2D eigenvalue weighted by Crippen LogP contribution is 2.36. The molecular formula is C15H18N4O2. The Morgan fingerprint density at radius 3 is 2.86 bits per heavy atom. The molecule has 1 fully saturated rings. The van der Waals surface area contributed by atoms with Crippen LogP contribution in [0.1, 0.15) is 13.3 Å². The van der Waals surface area contributed by atoms with Crippen LogP contribution < -0.4 is 10.6 Å². The van der Waals surface area contributed by atoms with Gasteiger partial charge in [0.25, 0.3) is 0 Å². The van der Waals surface area contributed by atoms with Crippen molar-refractivity contribution in [1.29, 1.82) is 0 Å². The van der Waals surface area contributed by atoms with Crippen LogP contribution >= 0.6 is 0 Å². The number of nitro groups is 1. The van der Waals surface area contributed by atoms with Gasteiger partial charge in [-0.15, -0.1) is 0 Å². The molecule has 2 heterocycles. The summed E-state index contributed by atoms with van der Waals surface area (Å²) in [5.74, 6) is 0.417. The summed E-state index contributed by atoms with van der Waals surface area (Å²) in [5, 5.41) is 12.2.